The first-order valence-electron chi connectivity index (χ1n) is 11.0. The molecule has 0 unspecified atom stereocenters. The summed E-state index contributed by atoms with van der Waals surface area (Å²) in [5, 5.41) is 0. The van der Waals surface area contributed by atoms with Gasteiger partial charge >= 0.3 is 5.97 Å². The van der Waals surface area contributed by atoms with Crippen LogP contribution in [0, 0.1) is 0 Å². The van der Waals surface area contributed by atoms with Gasteiger partial charge in [-0.05, 0) is 38.3 Å². The molecular weight excluding hydrogens is 334 g/mol. The van der Waals surface area contributed by atoms with Gasteiger partial charge < -0.3 is 4.74 Å². The molecule has 1 rings (SSSR count). The van der Waals surface area contributed by atoms with E-state index >= 15 is 0 Å². The first-order chi connectivity index (χ1) is 13.3. The Morgan fingerprint density at radius 3 is 2.04 bits per heavy atom. The van der Waals surface area contributed by atoms with Crippen LogP contribution >= 0.6 is 0 Å². The fourth-order valence-corrected chi connectivity index (χ4v) is 3.18. The van der Waals surface area contributed by atoms with Gasteiger partial charge in [0.25, 0.3) is 0 Å². The van der Waals surface area contributed by atoms with E-state index in [-0.39, 0.29) is 12.6 Å². The number of hydrogen-bond acceptors (Lipinski definition) is 3. The van der Waals surface area contributed by atoms with Crippen molar-refractivity contribution in [2.75, 3.05) is 0 Å². The Balaban J connectivity index is 1.78. The minimum Gasteiger partial charge on any atom is -0.459 e. The number of unbranched alkanes of at least 4 members (excludes halogenated alkanes) is 12. The lowest BCUT2D eigenvalue weighted by Crippen LogP contribution is -2.05. The minimum absolute atomic E-state index is 0.105. The lowest BCUT2D eigenvalue weighted by atomic mass is 10.0. The number of aromatic nitrogens is 1. The van der Waals surface area contributed by atoms with E-state index in [9.17, 15) is 4.79 Å². The van der Waals surface area contributed by atoms with E-state index in [4.69, 9.17) is 4.74 Å². The van der Waals surface area contributed by atoms with Crippen molar-refractivity contribution in [1.29, 1.82) is 0 Å². The number of pyridine rings is 1. The topological polar surface area (TPSA) is 39.2 Å². The average Bonchev–Trinajstić information content (AvgIpc) is 2.70. The maximum absolute atomic E-state index is 11.7. The van der Waals surface area contributed by atoms with E-state index in [0.717, 1.165) is 18.5 Å². The van der Waals surface area contributed by atoms with E-state index in [1.54, 1.807) is 6.20 Å². The third-order valence-electron chi connectivity index (χ3n) is 4.84. The van der Waals surface area contributed by atoms with E-state index in [1.165, 1.54) is 70.6 Å². The molecule has 0 N–H and O–H groups in total. The molecule has 0 aromatic carbocycles. The summed E-state index contributed by atoms with van der Waals surface area (Å²) in [7, 11) is 0. The summed E-state index contributed by atoms with van der Waals surface area (Å²) in [5.41, 5.74) is 0.805. The molecule has 0 bridgehead atoms. The highest BCUT2D eigenvalue weighted by Gasteiger charge is 2.03. The number of nitrogens with zero attached hydrogens (tertiary/aromatic N) is 1. The van der Waals surface area contributed by atoms with Crippen LogP contribution in [0.15, 0.2) is 36.5 Å². The van der Waals surface area contributed by atoms with Gasteiger partial charge in [0.1, 0.15) is 6.61 Å². The van der Waals surface area contributed by atoms with E-state index < -0.39 is 0 Å². The maximum atomic E-state index is 11.7. The molecule has 0 aliphatic carbocycles. The van der Waals surface area contributed by atoms with Crippen molar-refractivity contribution in [3.05, 3.63) is 42.2 Å². The largest absolute Gasteiger partial charge is 0.459 e. The van der Waals surface area contributed by atoms with Crippen LogP contribution in [0.2, 0.25) is 0 Å². The second-order valence-corrected chi connectivity index (χ2v) is 7.33. The number of ether oxygens (including phenoxy) is 1. The molecule has 0 saturated carbocycles. The maximum Gasteiger partial charge on any atom is 0.306 e. The van der Waals surface area contributed by atoms with Gasteiger partial charge in [0.05, 0.1) is 5.69 Å². The molecule has 0 saturated heterocycles. The smallest absolute Gasteiger partial charge is 0.306 e. The zero-order valence-electron chi connectivity index (χ0n) is 17.3. The Morgan fingerprint density at radius 2 is 1.48 bits per heavy atom. The highest BCUT2D eigenvalue weighted by atomic mass is 16.5. The van der Waals surface area contributed by atoms with Crippen molar-refractivity contribution in [3.63, 3.8) is 0 Å². The monoisotopic (exact) mass is 373 g/mol. The van der Waals surface area contributed by atoms with Gasteiger partial charge in [-0.15, -0.1) is 0 Å². The molecule has 0 spiro atoms. The minimum atomic E-state index is -0.105. The second-order valence-electron chi connectivity index (χ2n) is 7.33. The molecule has 1 heterocycles. The van der Waals surface area contributed by atoms with Gasteiger partial charge in [-0.2, -0.15) is 0 Å². The summed E-state index contributed by atoms with van der Waals surface area (Å²) in [4.78, 5) is 15.8. The predicted molar refractivity (Wildman–Crippen MR) is 113 cm³/mol. The Bertz CT molecular complexity index is 484. The molecule has 1 aromatic rings. The van der Waals surface area contributed by atoms with Gasteiger partial charge in [0.15, 0.2) is 0 Å². The number of carbonyl (C=O) groups excluding carboxylic acids is 1. The van der Waals surface area contributed by atoms with Gasteiger partial charge in [-0.3, -0.25) is 9.78 Å². The standard InChI is InChI=1S/C24H39NO2/c1-2-3-4-5-6-7-8-9-10-11-12-13-14-15-16-20-24(26)27-22-23-19-17-18-21-25-23/h2-3,17-19,21H,4-16,20,22H2,1H3. The zero-order chi connectivity index (χ0) is 19.4. The summed E-state index contributed by atoms with van der Waals surface area (Å²) in [6.07, 6.45) is 23.5. The quantitative estimate of drug-likeness (QED) is 0.165. The SMILES string of the molecule is CC=CCCCCCCCCCCCCCCC(=O)OCc1ccccn1. The van der Waals surface area contributed by atoms with Crippen molar-refractivity contribution in [2.24, 2.45) is 0 Å². The molecular formula is C24H39NO2. The Labute approximate surface area is 166 Å². The van der Waals surface area contributed by atoms with E-state index in [0.29, 0.717) is 6.42 Å². The normalized spacial score (nSPS) is 11.1. The van der Waals surface area contributed by atoms with Crippen molar-refractivity contribution < 1.29 is 9.53 Å². The second kappa shape index (κ2) is 17.8. The number of esters is 1. The molecule has 0 radical (unpaired) electrons. The van der Waals surface area contributed by atoms with Gasteiger partial charge in [0.2, 0.25) is 0 Å². The Kier molecular flexibility index (Phi) is 15.4. The fraction of sp³-hybridized carbons (Fsp3) is 0.667. The number of hydrogen-bond donors (Lipinski definition) is 0. The summed E-state index contributed by atoms with van der Waals surface area (Å²) in [6, 6.07) is 5.64. The molecule has 3 nitrogen and oxygen atoms in total. The first-order valence-corrected chi connectivity index (χ1v) is 11.0. The molecule has 1 aromatic heterocycles. The molecule has 3 heteroatoms. The Morgan fingerprint density at radius 1 is 0.889 bits per heavy atom. The molecule has 0 fully saturated rings. The van der Waals surface area contributed by atoms with Gasteiger partial charge in [-0.1, -0.05) is 82.4 Å². The summed E-state index contributed by atoms with van der Waals surface area (Å²) < 4.78 is 5.24. The third kappa shape index (κ3) is 15.1. The molecule has 152 valence electrons. The van der Waals surface area contributed by atoms with Crippen LogP contribution in [0.1, 0.15) is 103 Å². The van der Waals surface area contributed by atoms with Crippen LogP contribution in [-0.4, -0.2) is 11.0 Å². The van der Waals surface area contributed by atoms with Gasteiger partial charge in [-0.25, -0.2) is 0 Å². The van der Waals surface area contributed by atoms with Crippen molar-refractivity contribution >= 4 is 5.97 Å². The predicted octanol–water partition coefficient (Wildman–Crippen LogP) is 7.16. The van der Waals surface area contributed by atoms with Crippen LogP contribution in [0.25, 0.3) is 0 Å². The lowest BCUT2D eigenvalue weighted by molar-refractivity contribution is -0.145. The van der Waals surface area contributed by atoms with Crippen LogP contribution in [-0.2, 0) is 16.1 Å². The zero-order valence-corrected chi connectivity index (χ0v) is 17.3. The first kappa shape index (κ1) is 23.4. The number of carbonyl (C=O) groups is 1. The van der Waals surface area contributed by atoms with Gasteiger partial charge in [0, 0.05) is 12.6 Å². The van der Waals surface area contributed by atoms with E-state index in [1.807, 2.05) is 18.2 Å². The summed E-state index contributed by atoms with van der Waals surface area (Å²) in [6.45, 7) is 2.38. The number of allylic oxidation sites excluding steroid dienone is 2. The summed E-state index contributed by atoms with van der Waals surface area (Å²) >= 11 is 0. The van der Waals surface area contributed by atoms with E-state index in [2.05, 4.69) is 24.1 Å². The molecule has 0 aliphatic heterocycles. The number of rotatable bonds is 17. The van der Waals surface area contributed by atoms with Crippen molar-refractivity contribution in [3.8, 4) is 0 Å². The van der Waals surface area contributed by atoms with Crippen molar-refractivity contribution in [2.45, 2.75) is 103 Å². The average molecular weight is 374 g/mol. The summed E-state index contributed by atoms with van der Waals surface area (Å²) in [5.74, 6) is -0.105. The highest BCUT2D eigenvalue weighted by molar-refractivity contribution is 5.69. The van der Waals surface area contributed by atoms with Crippen LogP contribution in [0.3, 0.4) is 0 Å². The molecule has 0 aliphatic rings. The third-order valence-corrected chi connectivity index (χ3v) is 4.84. The van der Waals surface area contributed by atoms with Crippen LogP contribution in [0.5, 0.6) is 0 Å². The fourth-order valence-electron chi connectivity index (χ4n) is 3.18. The molecule has 27 heavy (non-hydrogen) atoms. The molecule has 0 amide bonds. The lowest BCUT2D eigenvalue weighted by Gasteiger charge is -2.05. The Hall–Kier alpha value is -1.64. The highest BCUT2D eigenvalue weighted by Crippen LogP contribution is 2.13. The van der Waals surface area contributed by atoms with Crippen LogP contribution in [0.4, 0.5) is 0 Å². The van der Waals surface area contributed by atoms with Crippen LogP contribution < -0.4 is 0 Å². The van der Waals surface area contributed by atoms with Crippen molar-refractivity contribution in [1.82, 2.24) is 4.98 Å². The molecule has 0 atom stereocenters.